The van der Waals surface area contributed by atoms with Crippen molar-refractivity contribution in [2.45, 2.75) is 6.10 Å². The van der Waals surface area contributed by atoms with E-state index < -0.39 is 6.10 Å². The Hall–Kier alpha value is -1.69. The molecule has 1 heterocycles. The Morgan fingerprint density at radius 3 is 2.52 bits per heavy atom. The molecule has 3 nitrogen and oxygen atoms in total. The summed E-state index contributed by atoms with van der Waals surface area (Å²) in [7, 11) is 0. The van der Waals surface area contributed by atoms with Gasteiger partial charge >= 0.3 is 0 Å². The molecule has 21 heavy (non-hydrogen) atoms. The van der Waals surface area contributed by atoms with Gasteiger partial charge in [-0.2, -0.15) is 0 Å². The van der Waals surface area contributed by atoms with Crippen molar-refractivity contribution in [2.24, 2.45) is 0 Å². The second-order valence-corrected chi connectivity index (χ2v) is 6.04. The van der Waals surface area contributed by atoms with E-state index in [1.807, 2.05) is 54.6 Å². The van der Waals surface area contributed by atoms with Crippen LogP contribution in [-0.4, -0.2) is 10.1 Å². The molecule has 0 saturated heterocycles. The van der Waals surface area contributed by atoms with Crippen LogP contribution in [0.2, 0.25) is 0 Å². The Kier molecular flexibility index (Phi) is 4.34. The minimum atomic E-state index is -0.716. The van der Waals surface area contributed by atoms with Crippen LogP contribution in [0.4, 0.5) is 0 Å². The Bertz CT molecular complexity index is 730. The van der Waals surface area contributed by atoms with Gasteiger partial charge in [-0.1, -0.05) is 30.3 Å². The quantitative estimate of drug-likeness (QED) is 0.726. The number of aliphatic hydroxyl groups excluding tert-OH is 1. The molecule has 0 saturated carbocycles. The normalized spacial score (nSPS) is 12.1. The average Bonchev–Trinajstić information content (AvgIpc) is 2.94. The van der Waals surface area contributed by atoms with Gasteiger partial charge < -0.3 is 9.84 Å². The number of rotatable bonds is 4. The van der Waals surface area contributed by atoms with Gasteiger partial charge in [-0.25, -0.2) is 4.98 Å². The number of thiazole rings is 1. The first kappa shape index (κ1) is 14.3. The molecule has 5 heteroatoms. The Labute approximate surface area is 135 Å². The monoisotopic (exact) mass is 361 g/mol. The predicted octanol–water partition coefficient (Wildman–Crippen LogP) is 4.78. The van der Waals surface area contributed by atoms with E-state index in [2.05, 4.69) is 20.9 Å². The topological polar surface area (TPSA) is 42.4 Å². The zero-order valence-electron chi connectivity index (χ0n) is 10.9. The van der Waals surface area contributed by atoms with E-state index in [-0.39, 0.29) is 0 Å². The molecule has 0 bridgehead atoms. The van der Waals surface area contributed by atoms with E-state index in [0.717, 1.165) is 16.2 Å². The van der Waals surface area contributed by atoms with Gasteiger partial charge in [0.15, 0.2) is 0 Å². The van der Waals surface area contributed by atoms with Gasteiger partial charge in [0, 0.05) is 0 Å². The molecule has 1 atom stereocenters. The molecule has 0 spiro atoms. The van der Waals surface area contributed by atoms with E-state index in [1.165, 1.54) is 11.3 Å². The number of hydrogen-bond acceptors (Lipinski definition) is 4. The van der Waals surface area contributed by atoms with E-state index in [4.69, 9.17) is 4.74 Å². The predicted molar refractivity (Wildman–Crippen MR) is 86.8 cm³/mol. The molecule has 3 rings (SSSR count). The van der Waals surface area contributed by atoms with Crippen molar-refractivity contribution in [3.63, 3.8) is 0 Å². The second-order valence-electron chi connectivity index (χ2n) is 4.40. The van der Waals surface area contributed by atoms with E-state index in [9.17, 15) is 5.11 Å². The average molecular weight is 362 g/mol. The minimum absolute atomic E-state index is 0.675. The fourth-order valence-electron chi connectivity index (χ4n) is 1.94. The first-order chi connectivity index (χ1) is 10.2. The summed E-state index contributed by atoms with van der Waals surface area (Å²) in [5.74, 6) is 1.46. The van der Waals surface area contributed by atoms with Crippen molar-refractivity contribution in [1.29, 1.82) is 0 Å². The number of nitrogens with zero attached hydrogens (tertiary/aromatic N) is 1. The van der Waals surface area contributed by atoms with Crippen LogP contribution in [0.5, 0.6) is 11.5 Å². The molecule has 1 N–H and O–H groups in total. The highest BCUT2D eigenvalue weighted by molar-refractivity contribution is 9.10. The largest absolute Gasteiger partial charge is 0.457 e. The van der Waals surface area contributed by atoms with E-state index >= 15 is 0 Å². The van der Waals surface area contributed by atoms with Crippen LogP contribution in [0.1, 0.15) is 16.5 Å². The lowest BCUT2D eigenvalue weighted by atomic mass is 10.1. The maximum atomic E-state index is 10.4. The maximum Gasteiger partial charge on any atom is 0.127 e. The van der Waals surface area contributed by atoms with Crippen LogP contribution in [0.15, 0.2) is 64.7 Å². The maximum absolute atomic E-state index is 10.4. The summed E-state index contributed by atoms with van der Waals surface area (Å²) < 4.78 is 6.46. The number of halogens is 1. The lowest BCUT2D eigenvalue weighted by Crippen LogP contribution is -1.98. The van der Waals surface area contributed by atoms with Gasteiger partial charge in [0.25, 0.3) is 0 Å². The molecule has 106 valence electrons. The van der Waals surface area contributed by atoms with Crippen LogP contribution < -0.4 is 4.74 Å². The molecule has 2 aromatic carbocycles. The molecule has 0 amide bonds. The molecule has 0 fully saturated rings. The van der Waals surface area contributed by atoms with Gasteiger partial charge in [0.2, 0.25) is 0 Å². The molecular formula is C16H12BrNO2S. The van der Waals surface area contributed by atoms with Crippen molar-refractivity contribution < 1.29 is 9.84 Å². The Morgan fingerprint density at radius 2 is 1.81 bits per heavy atom. The zero-order valence-corrected chi connectivity index (χ0v) is 13.3. The summed E-state index contributed by atoms with van der Waals surface area (Å²) in [6.45, 7) is 0. The van der Waals surface area contributed by atoms with Gasteiger partial charge in [-0.15, -0.1) is 11.3 Å². The number of aromatic nitrogens is 1. The number of para-hydroxylation sites is 1. The molecule has 0 aliphatic carbocycles. The lowest BCUT2D eigenvalue weighted by molar-refractivity contribution is 0.222. The first-order valence-corrected chi connectivity index (χ1v) is 8.01. The lowest BCUT2D eigenvalue weighted by Gasteiger charge is -2.11. The third-order valence-corrected chi connectivity index (χ3v) is 4.73. The number of benzene rings is 2. The summed E-state index contributed by atoms with van der Waals surface area (Å²) in [5, 5.41) is 10.4. The summed E-state index contributed by atoms with van der Waals surface area (Å²) >= 11 is 4.76. The second kappa shape index (κ2) is 6.39. The van der Waals surface area contributed by atoms with Crippen LogP contribution in [0.25, 0.3) is 0 Å². The van der Waals surface area contributed by atoms with Crippen LogP contribution in [0, 0.1) is 0 Å². The number of hydrogen-bond donors (Lipinski definition) is 1. The van der Waals surface area contributed by atoms with Crippen molar-refractivity contribution in [3.8, 4) is 11.5 Å². The van der Waals surface area contributed by atoms with Crippen molar-refractivity contribution in [1.82, 2.24) is 4.98 Å². The van der Waals surface area contributed by atoms with Crippen molar-refractivity contribution >= 4 is 27.3 Å². The van der Waals surface area contributed by atoms with Gasteiger partial charge in [-0.05, 0) is 45.8 Å². The minimum Gasteiger partial charge on any atom is -0.457 e. The molecular weight excluding hydrogens is 350 g/mol. The number of aliphatic hydroxyl groups is 1. The fourth-order valence-corrected chi connectivity index (χ4v) is 3.36. The van der Waals surface area contributed by atoms with Gasteiger partial charge in [0.1, 0.15) is 22.2 Å². The van der Waals surface area contributed by atoms with Crippen molar-refractivity contribution in [2.75, 3.05) is 0 Å². The summed E-state index contributed by atoms with van der Waals surface area (Å²) in [6.07, 6.45) is -0.716. The SMILES string of the molecule is OC(c1cccc(Oc2ccccc2)c1)c1scnc1Br. The third kappa shape index (κ3) is 3.32. The standard InChI is InChI=1S/C16H12BrNO2S/c17-16-15(21-10-18-16)14(19)11-5-4-8-13(9-11)20-12-6-2-1-3-7-12/h1-10,14,19H. The van der Waals surface area contributed by atoms with Gasteiger partial charge in [0.05, 0.1) is 10.4 Å². The molecule has 0 aliphatic heterocycles. The van der Waals surface area contributed by atoms with Crippen LogP contribution in [0.3, 0.4) is 0 Å². The van der Waals surface area contributed by atoms with Crippen molar-refractivity contribution in [3.05, 3.63) is 75.2 Å². The Balaban J connectivity index is 1.85. The molecule has 0 radical (unpaired) electrons. The molecule has 3 aromatic rings. The summed E-state index contributed by atoms with van der Waals surface area (Å²) in [5.41, 5.74) is 2.47. The summed E-state index contributed by atoms with van der Waals surface area (Å²) in [6, 6.07) is 17.0. The fraction of sp³-hybridized carbons (Fsp3) is 0.0625. The van der Waals surface area contributed by atoms with Crippen LogP contribution >= 0.6 is 27.3 Å². The van der Waals surface area contributed by atoms with Crippen LogP contribution in [-0.2, 0) is 0 Å². The molecule has 1 aromatic heterocycles. The highest BCUT2D eigenvalue weighted by Crippen LogP contribution is 2.33. The third-order valence-electron chi connectivity index (χ3n) is 2.95. The highest BCUT2D eigenvalue weighted by atomic mass is 79.9. The smallest absolute Gasteiger partial charge is 0.127 e. The van der Waals surface area contributed by atoms with Gasteiger partial charge in [-0.3, -0.25) is 0 Å². The highest BCUT2D eigenvalue weighted by Gasteiger charge is 2.16. The Morgan fingerprint density at radius 1 is 1.05 bits per heavy atom. The first-order valence-electron chi connectivity index (χ1n) is 6.34. The molecule has 1 unspecified atom stereocenters. The van der Waals surface area contributed by atoms with E-state index in [0.29, 0.717) is 10.4 Å². The molecule has 0 aliphatic rings. The number of ether oxygens (including phenoxy) is 1. The summed E-state index contributed by atoms with van der Waals surface area (Å²) in [4.78, 5) is 4.88. The van der Waals surface area contributed by atoms with E-state index in [1.54, 1.807) is 5.51 Å². The zero-order chi connectivity index (χ0) is 14.7.